The number of likely N-dealkylation sites (N-methyl/N-ethyl adjacent to an activating group) is 1. The number of thioether (sulfide) groups is 1. The molecule has 0 fully saturated rings. The van der Waals surface area contributed by atoms with Crippen LogP contribution in [0.5, 0.6) is 0 Å². The Hall–Kier alpha value is -2.80. The van der Waals surface area contributed by atoms with Crippen LogP contribution >= 0.6 is 11.8 Å². The van der Waals surface area contributed by atoms with E-state index in [1.165, 1.54) is 16.7 Å². The van der Waals surface area contributed by atoms with E-state index < -0.39 is 0 Å². The van der Waals surface area contributed by atoms with Crippen LogP contribution in [0.15, 0.2) is 59.5 Å². The second kappa shape index (κ2) is 10.4. The van der Waals surface area contributed by atoms with E-state index in [-0.39, 0.29) is 37.2 Å². The maximum Gasteiger partial charge on any atom is 0.251 e. The summed E-state index contributed by atoms with van der Waals surface area (Å²) in [6.45, 7) is 0.169. The quantitative estimate of drug-likeness (QED) is 0.685. The lowest BCUT2D eigenvalue weighted by Gasteiger charge is -2.17. The maximum absolute atomic E-state index is 12.2. The summed E-state index contributed by atoms with van der Waals surface area (Å²) in [4.78, 5) is 38.6. The fraction of sp³-hybridized carbons (Fsp3) is 0.250. The lowest BCUT2D eigenvalue weighted by Crippen LogP contribution is -2.37. The highest BCUT2D eigenvalue weighted by atomic mass is 32.2. The number of nitrogens with zero attached hydrogens (tertiary/aromatic N) is 1. The smallest absolute Gasteiger partial charge is 0.251 e. The zero-order valence-electron chi connectivity index (χ0n) is 15.4. The van der Waals surface area contributed by atoms with Gasteiger partial charge in [0.1, 0.15) is 0 Å². The van der Waals surface area contributed by atoms with Gasteiger partial charge in [-0.3, -0.25) is 14.4 Å². The molecule has 2 aromatic rings. The Kier molecular flexibility index (Phi) is 7.88. The van der Waals surface area contributed by atoms with Gasteiger partial charge < -0.3 is 15.5 Å². The molecule has 0 aliphatic heterocycles. The highest BCUT2D eigenvalue weighted by molar-refractivity contribution is 7.98. The van der Waals surface area contributed by atoms with Crippen LogP contribution < -0.4 is 10.6 Å². The molecule has 3 amide bonds. The minimum Gasteiger partial charge on any atom is -0.352 e. The first-order chi connectivity index (χ1) is 13.0. The van der Waals surface area contributed by atoms with Crippen LogP contribution in [0.1, 0.15) is 16.8 Å². The van der Waals surface area contributed by atoms with Crippen molar-refractivity contribution in [1.82, 2.24) is 10.2 Å². The van der Waals surface area contributed by atoms with Gasteiger partial charge in [-0.05, 0) is 30.5 Å². The molecular weight excluding hydrogens is 362 g/mol. The van der Waals surface area contributed by atoms with Crippen molar-refractivity contribution >= 4 is 35.2 Å². The van der Waals surface area contributed by atoms with Crippen LogP contribution in [0.4, 0.5) is 5.69 Å². The zero-order chi connectivity index (χ0) is 19.6. The summed E-state index contributed by atoms with van der Waals surface area (Å²) < 4.78 is 0. The van der Waals surface area contributed by atoms with Gasteiger partial charge in [-0.2, -0.15) is 0 Å². The Balaban J connectivity index is 1.76. The normalized spacial score (nSPS) is 10.1. The molecule has 2 rings (SSSR count). The van der Waals surface area contributed by atoms with E-state index in [1.54, 1.807) is 31.3 Å². The predicted molar refractivity (Wildman–Crippen MR) is 108 cm³/mol. The maximum atomic E-state index is 12.2. The number of nitrogens with one attached hydrogen (secondary N) is 2. The fourth-order valence-electron chi connectivity index (χ4n) is 2.41. The third-order valence-corrected chi connectivity index (χ3v) is 4.64. The first-order valence-corrected chi connectivity index (χ1v) is 9.74. The average Bonchev–Trinajstić information content (AvgIpc) is 2.68. The number of hydrogen-bond acceptors (Lipinski definition) is 4. The predicted octanol–water partition coefficient (Wildman–Crippen LogP) is 2.63. The molecule has 0 spiro atoms. The van der Waals surface area contributed by atoms with E-state index in [1.807, 2.05) is 36.6 Å². The summed E-state index contributed by atoms with van der Waals surface area (Å²) in [6, 6.07) is 16.3. The van der Waals surface area contributed by atoms with Crippen molar-refractivity contribution in [2.75, 3.05) is 31.7 Å². The molecule has 2 N–H and O–H groups in total. The number of rotatable bonds is 8. The second-order valence-corrected chi connectivity index (χ2v) is 6.72. The molecule has 0 saturated heterocycles. The molecular formula is C20H23N3O3S. The number of benzene rings is 2. The zero-order valence-corrected chi connectivity index (χ0v) is 16.2. The Labute approximate surface area is 163 Å². The van der Waals surface area contributed by atoms with Gasteiger partial charge in [-0.1, -0.05) is 30.3 Å². The second-order valence-electron chi connectivity index (χ2n) is 5.87. The average molecular weight is 385 g/mol. The molecule has 2 aromatic carbocycles. The third kappa shape index (κ3) is 6.45. The molecule has 0 aromatic heterocycles. The van der Waals surface area contributed by atoms with Crippen LogP contribution in [0.3, 0.4) is 0 Å². The fourth-order valence-corrected chi connectivity index (χ4v) is 2.96. The van der Waals surface area contributed by atoms with E-state index in [4.69, 9.17) is 0 Å². The van der Waals surface area contributed by atoms with Crippen LogP contribution in [-0.2, 0) is 9.59 Å². The van der Waals surface area contributed by atoms with Gasteiger partial charge in [0.25, 0.3) is 5.91 Å². The van der Waals surface area contributed by atoms with Crippen molar-refractivity contribution in [3.63, 3.8) is 0 Å². The number of carbonyl (C=O) groups excluding carboxylic acids is 3. The monoisotopic (exact) mass is 385 g/mol. The molecule has 0 radical (unpaired) electrons. The topological polar surface area (TPSA) is 78.5 Å². The first-order valence-electron chi connectivity index (χ1n) is 8.51. The molecule has 0 heterocycles. The SMILES string of the molecule is CSc1ccccc1NC(=O)CN(C)C(=O)CCNC(=O)c1ccccc1. The summed E-state index contributed by atoms with van der Waals surface area (Å²) in [5.74, 6) is -0.699. The molecule has 0 atom stereocenters. The Morgan fingerprint density at radius 2 is 1.67 bits per heavy atom. The molecule has 0 saturated carbocycles. The van der Waals surface area contributed by atoms with Gasteiger partial charge in [0.2, 0.25) is 11.8 Å². The summed E-state index contributed by atoms with van der Waals surface area (Å²) in [6.07, 6.45) is 2.06. The standard InChI is InChI=1S/C20H23N3O3S/c1-23(14-18(24)22-16-10-6-7-11-17(16)27-2)19(25)12-13-21-20(26)15-8-4-3-5-9-15/h3-11H,12-14H2,1-2H3,(H,21,26)(H,22,24). The molecule has 0 aliphatic rings. The van der Waals surface area contributed by atoms with E-state index in [0.29, 0.717) is 5.56 Å². The molecule has 0 aliphatic carbocycles. The Bertz CT molecular complexity index is 796. The number of para-hydroxylation sites is 1. The number of anilines is 1. The lowest BCUT2D eigenvalue weighted by atomic mass is 10.2. The summed E-state index contributed by atoms with van der Waals surface area (Å²) in [5.41, 5.74) is 1.27. The molecule has 27 heavy (non-hydrogen) atoms. The highest BCUT2D eigenvalue weighted by Crippen LogP contribution is 2.24. The van der Waals surface area contributed by atoms with Crippen LogP contribution in [0.25, 0.3) is 0 Å². The van der Waals surface area contributed by atoms with Crippen molar-refractivity contribution in [3.05, 3.63) is 60.2 Å². The van der Waals surface area contributed by atoms with E-state index in [2.05, 4.69) is 10.6 Å². The van der Waals surface area contributed by atoms with Gasteiger partial charge >= 0.3 is 0 Å². The van der Waals surface area contributed by atoms with Gasteiger partial charge in [-0.15, -0.1) is 11.8 Å². The van der Waals surface area contributed by atoms with Crippen molar-refractivity contribution in [3.8, 4) is 0 Å². The molecule has 0 unspecified atom stereocenters. The van der Waals surface area contributed by atoms with Gasteiger partial charge in [-0.25, -0.2) is 0 Å². The number of amides is 3. The lowest BCUT2D eigenvalue weighted by molar-refractivity contribution is -0.133. The van der Waals surface area contributed by atoms with Crippen molar-refractivity contribution in [2.45, 2.75) is 11.3 Å². The largest absolute Gasteiger partial charge is 0.352 e. The van der Waals surface area contributed by atoms with Crippen molar-refractivity contribution in [1.29, 1.82) is 0 Å². The van der Waals surface area contributed by atoms with Crippen LogP contribution in [-0.4, -0.2) is 49.0 Å². The highest BCUT2D eigenvalue weighted by Gasteiger charge is 2.14. The van der Waals surface area contributed by atoms with Crippen LogP contribution in [0, 0.1) is 0 Å². The van der Waals surface area contributed by atoms with E-state index >= 15 is 0 Å². The minimum absolute atomic E-state index is 0.0474. The number of carbonyl (C=O) groups is 3. The number of hydrogen-bond donors (Lipinski definition) is 2. The first kappa shape index (κ1) is 20.5. The Morgan fingerprint density at radius 1 is 1.00 bits per heavy atom. The van der Waals surface area contributed by atoms with E-state index in [9.17, 15) is 14.4 Å². The van der Waals surface area contributed by atoms with Crippen molar-refractivity contribution < 1.29 is 14.4 Å². The molecule has 0 bridgehead atoms. The molecule has 142 valence electrons. The van der Waals surface area contributed by atoms with Gasteiger partial charge in [0, 0.05) is 30.5 Å². The molecule has 6 nitrogen and oxygen atoms in total. The van der Waals surface area contributed by atoms with Crippen molar-refractivity contribution in [2.24, 2.45) is 0 Å². The van der Waals surface area contributed by atoms with Crippen LogP contribution in [0.2, 0.25) is 0 Å². The van der Waals surface area contributed by atoms with E-state index in [0.717, 1.165) is 10.6 Å². The minimum atomic E-state index is -0.263. The summed E-state index contributed by atoms with van der Waals surface area (Å²) >= 11 is 1.54. The van der Waals surface area contributed by atoms with Gasteiger partial charge in [0.15, 0.2) is 0 Å². The summed E-state index contributed by atoms with van der Waals surface area (Å²) in [7, 11) is 1.57. The Morgan fingerprint density at radius 3 is 2.37 bits per heavy atom. The van der Waals surface area contributed by atoms with Gasteiger partial charge in [0.05, 0.1) is 12.2 Å². The summed E-state index contributed by atoms with van der Waals surface area (Å²) in [5, 5.41) is 5.52. The third-order valence-electron chi connectivity index (χ3n) is 3.85. The molecule has 7 heteroatoms.